The first-order chi connectivity index (χ1) is 27.9. The number of para-hydroxylation sites is 2. The summed E-state index contributed by atoms with van der Waals surface area (Å²) in [7, 11) is 0. The summed E-state index contributed by atoms with van der Waals surface area (Å²) in [6.45, 7) is 5.50. The second-order valence-electron chi connectivity index (χ2n) is 17.2. The van der Waals surface area contributed by atoms with E-state index in [4.69, 9.17) is 18.9 Å². The minimum absolute atomic E-state index is 0.194. The number of ether oxygens (including phenoxy) is 4. The van der Waals surface area contributed by atoms with Crippen molar-refractivity contribution in [3.63, 3.8) is 0 Å². The van der Waals surface area contributed by atoms with Crippen molar-refractivity contribution in [1.82, 2.24) is 9.80 Å². The number of carbonyl (C=O) groups is 2. The van der Waals surface area contributed by atoms with Gasteiger partial charge in [0.25, 0.3) is 23.4 Å². The number of benzene rings is 4. The topological polar surface area (TPSA) is 84.0 Å². The Balaban J connectivity index is 0.776. The third kappa shape index (κ3) is 6.70. The number of hydrogen-bond donors (Lipinski definition) is 0. The van der Waals surface area contributed by atoms with Gasteiger partial charge < -0.3 is 18.9 Å². The molecule has 6 heterocycles. The molecule has 0 saturated carbocycles. The SMILES string of the molecule is O=C1N(CN2CCC(Cc3ccccc3)CC2)c2ccccc2C12OCC1(CO2)COC2(OC1)C(=O)N(CN1CCC(Cc3ccccc3)CC1)c1ccccc12. The van der Waals surface area contributed by atoms with Gasteiger partial charge in [0.1, 0.15) is 0 Å². The van der Waals surface area contributed by atoms with E-state index >= 15 is 0 Å². The normalized spacial score (nSPS) is 28.5. The summed E-state index contributed by atoms with van der Waals surface area (Å²) in [5.74, 6) is -2.16. The fourth-order valence-corrected chi connectivity index (χ4v) is 9.93. The van der Waals surface area contributed by atoms with Crippen molar-refractivity contribution in [1.29, 1.82) is 0 Å². The molecule has 0 unspecified atom stereocenters. The van der Waals surface area contributed by atoms with Crippen molar-refractivity contribution in [2.45, 2.75) is 50.1 Å². The second-order valence-corrected chi connectivity index (χ2v) is 17.2. The number of rotatable bonds is 8. The van der Waals surface area contributed by atoms with Gasteiger partial charge in [-0.1, -0.05) is 97.1 Å². The first-order valence-electron chi connectivity index (χ1n) is 20.9. The highest BCUT2D eigenvalue weighted by atomic mass is 16.7. The highest BCUT2D eigenvalue weighted by molar-refractivity contribution is 6.07. The molecule has 4 aromatic carbocycles. The molecule has 10 heteroatoms. The molecule has 10 nitrogen and oxygen atoms in total. The van der Waals surface area contributed by atoms with Crippen LogP contribution in [0, 0.1) is 17.3 Å². The first-order valence-corrected chi connectivity index (χ1v) is 20.9. The van der Waals surface area contributed by atoms with Crippen molar-refractivity contribution in [2.75, 3.05) is 75.7 Å². The quantitative estimate of drug-likeness (QED) is 0.207. The van der Waals surface area contributed by atoms with Gasteiger partial charge in [-0.25, -0.2) is 0 Å². The largest absolute Gasteiger partial charge is 0.338 e. The van der Waals surface area contributed by atoms with Crippen molar-refractivity contribution in [2.24, 2.45) is 17.3 Å². The molecule has 0 atom stereocenters. The summed E-state index contributed by atoms with van der Waals surface area (Å²) in [6.07, 6.45) is 6.57. The van der Waals surface area contributed by atoms with Gasteiger partial charge in [0.2, 0.25) is 0 Å². The first kappa shape index (κ1) is 36.9. The molecule has 4 saturated heterocycles. The Morgan fingerprint density at radius 2 is 0.825 bits per heavy atom. The van der Waals surface area contributed by atoms with E-state index in [1.165, 1.54) is 11.1 Å². The Hall–Kier alpha value is -4.42. The fourth-order valence-electron chi connectivity index (χ4n) is 9.93. The molecular weight excluding hydrogens is 717 g/mol. The predicted octanol–water partition coefficient (Wildman–Crippen LogP) is 6.29. The predicted molar refractivity (Wildman–Crippen MR) is 216 cm³/mol. The number of anilines is 2. The van der Waals surface area contributed by atoms with Gasteiger partial charge in [0.05, 0.1) is 56.6 Å². The lowest BCUT2D eigenvalue weighted by Crippen LogP contribution is -2.61. The molecule has 0 bridgehead atoms. The molecule has 0 aromatic heterocycles. The standard InChI is InChI=1S/C47H52N4O6/c52-43-46(39-15-7-9-17-41(39)50(43)33-48-23-19-37(20-24-48)27-35-11-3-1-4-12-35)54-29-45(30-55-46)31-56-47(57-32-45)40-16-8-10-18-42(40)51(44(47)53)34-49-25-21-38(22-26-49)28-36-13-5-2-6-14-36/h1-18,37-38H,19-34H2. The van der Waals surface area contributed by atoms with Crippen LogP contribution in [0.1, 0.15) is 47.9 Å². The number of fused-ring (bicyclic) bond motifs is 4. The highest BCUT2D eigenvalue weighted by Gasteiger charge is 2.63. The van der Waals surface area contributed by atoms with Gasteiger partial charge in [-0.3, -0.25) is 29.2 Å². The van der Waals surface area contributed by atoms with E-state index in [2.05, 4.69) is 70.5 Å². The van der Waals surface area contributed by atoms with Gasteiger partial charge in [0, 0.05) is 37.3 Å². The van der Waals surface area contributed by atoms with Crippen LogP contribution < -0.4 is 9.80 Å². The van der Waals surface area contributed by atoms with Gasteiger partial charge >= 0.3 is 0 Å². The molecular formula is C47H52N4O6. The zero-order valence-electron chi connectivity index (χ0n) is 32.6. The Kier molecular flexibility index (Phi) is 9.75. The van der Waals surface area contributed by atoms with E-state index < -0.39 is 17.0 Å². The van der Waals surface area contributed by atoms with Crippen LogP contribution in [0.2, 0.25) is 0 Å². The van der Waals surface area contributed by atoms with Gasteiger partial charge in [-0.2, -0.15) is 0 Å². The number of amides is 2. The highest BCUT2D eigenvalue weighted by Crippen LogP contribution is 2.52. The third-order valence-corrected chi connectivity index (χ3v) is 13.3. The van der Waals surface area contributed by atoms with E-state index in [9.17, 15) is 9.59 Å². The molecule has 4 aromatic rings. The lowest BCUT2D eigenvalue weighted by molar-refractivity contribution is -0.353. The Morgan fingerprint density at radius 3 is 1.21 bits per heavy atom. The zero-order chi connectivity index (χ0) is 38.5. The Bertz CT molecular complexity index is 1910. The number of nitrogens with zero attached hydrogens (tertiary/aromatic N) is 4. The summed E-state index contributed by atoms with van der Waals surface area (Å²) in [5, 5.41) is 0. The maximum absolute atomic E-state index is 14.4. The number of likely N-dealkylation sites (tertiary alicyclic amines) is 2. The van der Waals surface area contributed by atoms with Crippen LogP contribution in [0.3, 0.4) is 0 Å². The monoisotopic (exact) mass is 768 g/mol. The van der Waals surface area contributed by atoms with Gasteiger partial charge in [-0.15, -0.1) is 0 Å². The van der Waals surface area contributed by atoms with E-state index in [1.54, 1.807) is 0 Å². The van der Waals surface area contributed by atoms with E-state index in [0.717, 1.165) is 87.2 Å². The van der Waals surface area contributed by atoms with Gasteiger partial charge in [-0.05, 0) is 73.6 Å². The molecule has 6 aliphatic rings. The summed E-state index contributed by atoms with van der Waals surface area (Å²) in [4.78, 5) is 37.2. The molecule has 6 aliphatic heterocycles. The fraction of sp³-hybridized carbons (Fsp3) is 0.447. The molecule has 2 amide bonds. The average Bonchev–Trinajstić information content (AvgIpc) is 3.62. The van der Waals surface area contributed by atoms with Crippen LogP contribution in [0.4, 0.5) is 11.4 Å². The molecule has 3 spiro atoms. The zero-order valence-corrected chi connectivity index (χ0v) is 32.6. The number of piperidine rings is 2. The molecule has 296 valence electrons. The van der Waals surface area contributed by atoms with Crippen LogP contribution in [-0.2, 0) is 53.0 Å². The molecule has 10 rings (SSSR count). The molecule has 4 fully saturated rings. The summed E-state index contributed by atoms with van der Waals surface area (Å²) >= 11 is 0. The van der Waals surface area contributed by atoms with Crippen molar-refractivity contribution in [3.8, 4) is 0 Å². The summed E-state index contributed by atoms with van der Waals surface area (Å²) in [6, 6.07) is 37.1. The van der Waals surface area contributed by atoms with Crippen LogP contribution >= 0.6 is 0 Å². The lowest BCUT2D eigenvalue weighted by atomic mass is 9.88. The molecule has 0 radical (unpaired) electrons. The second kappa shape index (κ2) is 15.1. The van der Waals surface area contributed by atoms with Crippen LogP contribution in [0.15, 0.2) is 109 Å². The molecule has 57 heavy (non-hydrogen) atoms. The summed E-state index contributed by atoms with van der Waals surface area (Å²) < 4.78 is 26.3. The molecule has 0 aliphatic carbocycles. The molecule has 0 N–H and O–H groups in total. The summed E-state index contributed by atoms with van der Waals surface area (Å²) in [5.41, 5.74) is 5.22. The Morgan fingerprint density at radius 1 is 0.474 bits per heavy atom. The van der Waals surface area contributed by atoms with Crippen LogP contribution in [-0.4, -0.2) is 87.6 Å². The van der Waals surface area contributed by atoms with E-state index in [0.29, 0.717) is 25.2 Å². The number of carbonyl (C=O) groups excluding carboxylic acids is 2. The van der Waals surface area contributed by atoms with Crippen LogP contribution in [0.5, 0.6) is 0 Å². The van der Waals surface area contributed by atoms with E-state index in [1.807, 2.05) is 58.3 Å². The van der Waals surface area contributed by atoms with Crippen molar-refractivity contribution in [3.05, 3.63) is 131 Å². The van der Waals surface area contributed by atoms with Crippen molar-refractivity contribution < 1.29 is 28.5 Å². The third-order valence-electron chi connectivity index (χ3n) is 13.3. The number of hydrogen-bond acceptors (Lipinski definition) is 8. The minimum atomic E-state index is -1.52. The van der Waals surface area contributed by atoms with Crippen LogP contribution in [0.25, 0.3) is 0 Å². The van der Waals surface area contributed by atoms with Gasteiger partial charge in [0.15, 0.2) is 0 Å². The maximum atomic E-state index is 14.4. The van der Waals surface area contributed by atoms with Crippen molar-refractivity contribution >= 4 is 23.2 Å². The Labute approximate surface area is 335 Å². The minimum Gasteiger partial charge on any atom is -0.338 e. The smallest absolute Gasteiger partial charge is 0.293 e. The van der Waals surface area contributed by atoms with E-state index in [-0.39, 0.29) is 38.2 Å². The average molecular weight is 769 g/mol. The lowest BCUT2D eigenvalue weighted by Gasteiger charge is -2.48. The maximum Gasteiger partial charge on any atom is 0.293 e.